The van der Waals surface area contributed by atoms with E-state index in [-0.39, 0.29) is 16.9 Å². The smallest absolute Gasteiger partial charge is 0.338 e. The molecule has 138 valence electrons. The van der Waals surface area contributed by atoms with E-state index in [2.05, 4.69) is 10.9 Å². The first-order valence-electron chi connectivity index (χ1n) is 7.54. The van der Waals surface area contributed by atoms with Crippen LogP contribution in [0.4, 0.5) is 0 Å². The second kappa shape index (κ2) is 9.22. The SMILES string of the molecule is COc1ccc(Cl)cc1C(=O)NNC(=O)COC(=O)c1ccc(C#N)cc1. The molecule has 2 aromatic carbocycles. The van der Waals surface area contributed by atoms with E-state index < -0.39 is 24.4 Å². The molecule has 2 rings (SSSR count). The number of nitrogens with one attached hydrogen (secondary N) is 2. The van der Waals surface area contributed by atoms with E-state index in [0.717, 1.165) is 0 Å². The van der Waals surface area contributed by atoms with E-state index in [1.807, 2.05) is 6.07 Å². The molecule has 0 spiro atoms. The highest BCUT2D eigenvalue weighted by atomic mass is 35.5. The summed E-state index contributed by atoms with van der Waals surface area (Å²) in [6, 6.07) is 12.1. The fraction of sp³-hybridized carbons (Fsp3) is 0.111. The van der Waals surface area contributed by atoms with E-state index >= 15 is 0 Å². The Hall–Kier alpha value is -3.57. The average molecular weight is 388 g/mol. The number of benzene rings is 2. The molecule has 0 radical (unpaired) electrons. The Morgan fingerprint density at radius 2 is 1.81 bits per heavy atom. The van der Waals surface area contributed by atoms with Crippen molar-refractivity contribution in [2.45, 2.75) is 0 Å². The van der Waals surface area contributed by atoms with Crippen LogP contribution in [0.5, 0.6) is 5.75 Å². The first-order chi connectivity index (χ1) is 12.9. The van der Waals surface area contributed by atoms with Crippen LogP contribution in [-0.2, 0) is 9.53 Å². The van der Waals surface area contributed by atoms with Gasteiger partial charge in [0.15, 0.2) is 6.61 Å². The molecule has 0 atom stereocenters. The van der Waals surface area contributed by atoms with Crippen LogP contribution in [-0.4, -0.2) is 31.5 Å². The van der Waals surface area contributed by atoms with Crippen LogP contribution in [0.25, 0.3) is 0 Å². The Morgan fingerprint density at radius 3 is 2.44 bits per heavy atom. The number of ether oxygens (including phenoxy) is 2. The molecule has 0 aliphatic carbocycles. The Labute approximate surface area is 159 Å². The minimum Gasteiger partial charge on any atom is -0.496 e. The monoisotopic (exact) mass is 387 g/mol. The molecule has 0 aliphatic rings. The number of rotatable bonds is 5. The van der Waals surface area contributed by atoms with Crippen molar-refractivity contribution >= 4 is 29.4 Å². The van der Waals surface area contributed by atoms with Gasteiger partial charge in [0, 0.05) is 5.02 Å². The van der Waals surface area contributed by atoms with E-state index in [4.69, 9.17) is 26.3 Å². The van der Waals surface area contributed by atoms with Crippen LogP contribution in [0.2, 0.25) is 5.02 Å². The lowest BCUT2D eigenvalue weighted by Crippen LogP contribution is -2.43. The Bertz CT molecular complexity index is 906. The van der Waals surface area contributed by atoms with Crippen LogP contribution in [0.15, 0.2) is 42.5 Å². The highest BCUT2D eigenvalue weighted by Crippen LogP contribution is 2.22. The fourth-order valence-corrected chi connectivity index (χ4v) is 2.15. The van der Waals surface area contributed by atoms with E-state index in [9.17, 15) is 14.4 Å². The summed E-state index contributed by atoms with van der Waals surface area (Å²) in [6.07, 6.45) is 0. The molecule has 0 aromatic heterocycles. The number of esters is 1. The molecule has 0 bridgehead atoms. The van der Waals surface area contributed by atoms with E-state index in [1.54, 1.807) is 6.07 Å². The maximum Gasteiger partial charge on any atom is 0.338 e. The number of carbonyl (C=O) groups is 3. The van der Waals surface area contributed by atoms with Crippen molar-refractivity contribution in [2.24, 2.45) is 0 Å². The maximum absolute atomic E-state index is 12.1. The Balaban J connectivity index is 1.85. The number of nitrogens with zero attached hydrogens (tertiary/aromatic N) is 1. The molecule has 0 aliphatic heterocycles. The normalized spacial score (nSPS) is 9.67. The minimum atomic E-state index is -0.744. The van der Waals surface area contributed by atoms with Gasteiger partial charge in [0.05, 0.1) is 29.9 Å². The first kappa shape index (κ1) is 19.8. The summed E-state index contributed by atoms with van der Waals surface area (Å²) in [6.45, 7) is -0.605. The summed E-state index contributed by atoms with van der Waals surface area (Å²) in [4.78, 5) is 35.7. The average Bonchev–Trinajstić information content (AvgIpc) is 2.70. The van der Waals surface area contributed by atoms with Gasteiger partial charge in [-0.3, -0.25) is 20.4 Å². The molecule has 0 heterocycles. The molecule has 2 N–H and O–H groups in total. The van der Waals surface area contributed by atoms with Crippen molar-refractivity contribution in [2.75, 3.05) is 13.7 Å². The van der Waals surface area contributed by atoms with Gasteiger partial charge >= 0.3 is 5.97 Å². The largest absolute Gasteiger partial charge is 0.496 e. The number of methoxy groups -OCH3 is 1. The van der Waals surface area contributed by atoms with Crippen molar-refractivity contribution in [1.29, 1.82) is 5.26 Å². The molecule has 9 heteroatoms. The predicted molar refractivity (Wildman–Crippen MR) is 95.1 cm³/mol. The number of hydrogen-bond acceptors (Lipinski definition) is 6. The van der Waals surface area contributed by atoms with Crippen molar-refractivity contribution in [1.82, 2.24) is 10.9 Å². The van der Waals surface area contributed by atoms with Gasteiger partial charge in [-0.05, 0) is 42.5 Å². The third kappa shape index (κ3) is 5.45. The van der Waals surface area contributed by atoms with Crippen LogP contribution >= 0.6 is 11.6 Å². The maximum atomic E-state index is 12.1. The summed E-state index contributed by atoms with van der Waals surface area (Å²) < 4.78 is 9.89. The second-order valence-corrected chi connectivity index (χ2v) is 5.55. The molecule has 8 nitrogen and oxygen atoms in total. The summed E-state index contributed by atoms with van der Waals surface area (Å²) >= 11 is 5.84. The topological polar surface area (TPSA) is 118 Å². The van der Waals surface area contributed by atoms with Gasteiger partial charge in [0.2, 0.25) is 0 Å². The minimum absolute atomic E-state index is 0.125. The second-order valence-electron chi connectivity index (χ2n) is 5.11. The third-order valence-corrected chi connectivity index (χ3v) is 3.54. The number of nitriles is 1. The molecule has 27 heavy (non-hydrogen) atoms. The van der Waals surface area contributed by atoms with Crippen molar-refractivity contribution in [3.05, 3.63) is 64.2 Å². The lowest BCUT2D eigenvalue weighted by molar-refractivity contribution is -0.125. The summed E-state index contributed by atoms with van der Waals surface area (Å²) in [5.41, 5.74) is 5.00. The van der Waals surface area contributed by atoms with Crippen LogP contribution in [0, 0.1) is 11.3 Å². The van der Waals surface area contributed by atoms with Crippen molar-refractivity contribution in [3.8, 4) is 11.8 Å². The summed E-state index contributed by atoms with van der Waals surface area (Å²) in [5.74, 6) is -1.86. The van der Waals surface area contributed by atoms with Gasteiger partial charge in [-0.2, -0.15) is 5.26 Å². The molecular formula is C18H14ClN3O5. The molecular weight excluding hydrogens is 374 g/mol. The zero-order valence-electron chi connectivity index (χ0n) is 14.1. The van der Waals surface area contributed by atoms with Gasteiger partial charge in [-0.15, -0.1) is 0 Å². The highest BCUT2D eigenvalue weighted by Gasteiger charge is 2.15. The van der Waals surface area contributed by atoms with E-state index in [1.165, 1.54) is 43.5 Å². The predicted octanol–water partition coefficient (Wildman–Crippen LogP) is 1.84. The van der Waals surface area contributed by atoms with Crippen LogP contribution < -0.4 is 15.6 Å². The fourth-order valence-electron chi connectivity index (χ4n) is 1.98. The van der Waals surface area contributed by atoms with Crippen LogP contribution in [0.3, 0.4) is 0 Å². The number of hydrazine groups is 1. The lowest BCUT2D eigenvalue weighted by atomic mass is 10.1. The van der Waals surface area contributed by atoms with Gasteiger partial charge in [-0.1, -0.05) is 11.6 Å². The number of carbonyl (C=O) groups excluding carboxylic acids is 3. The molecule has 0 saturated carbocycles. The Morgan fingerprint density at radius 1 is 1.11 bits per heavy atom. The van der Waals surface area contributed by atoms with Crippen molar-refractivity contribution < 1.29 is 23.9 Å². The van der Waals surface area contributed by atoms with Gasteiger partial charge in [0.1, 0.15) is 5.75 Å². The molecule has 0 unspecified atom stereocenters. The number of halogens is 1. The third-order valence-electron chi connectivity index (χ3n) is 3.31. The zero-order chi connectivity index (χ0) is 19.8. The first-order valence-corrected chi connectivity index (χ1v) is 7.92. The number of hydrogen-bond donors (Lipinski definition) is 2. The van der Waals surface area contributed by atoms with Crippen molar-refractivity contribution in [3.63, 3.8) is 0 Å². The molecule has 2 aromatic rings. The van der Waals surface area contributed by atoms with Gasteiger partial charge in [0.25, 0.3) is 11.8 Å². The zero-order valence-corrected chi connectivity index (χ0v) is 14.9. The van der Waals surface area contributed by atoms with Gasteiger partial charge < -0.3 is 9.47 Å². The number of amides is 2. The highest BCUT2D eigenvalue weighted by molar-refractivity contribution is 6.31. The van der Waals surface area contributed by atoms with Gasteiger partial charge in [-0.25, -0.2) is 4.79 Å². The summed E-state index contributed by atoms with van der Waals surface area (Å²) in [5, 5.41) is 9.03. The standard InChI is InChI=1S/C18H14ClN3O5/c1-26-15-7-6-13(19)8-14(15)17(24)22-21-16(23)10-27-18(25)12-4-2-11(9-20)3-5-12/h2-8H,10H2,1H3,(H,21,23)(H,22,24). The van der Waals surface area contributed by atoms with E-state index in [0.29, 0.717) is 10.6 Å². The molecule has 0 fully saturated rings. The summed E-state index contributed by atoms with van der Waals surface area (Å²) in [7, 11) is 1.39. The quantitative estimate of drug-likeness (QED) is 0.597. The molecule has 0 saturated heterocycles. The Kier molecular flexibility index (Phi) is 6.74. The van der Waals surface area contributed by atoms with Crippen LogP contribution in [0.1, 0.15) is 26.3 Å². The lowest BCUT2D eigenvalue weighted by Gasteiger charge is -2.11. The molecule has 2 amide bonds.